The first-order chi connectivity index (χ1) is 14.9. The average molecular weight is 446 g/mol. The highest BCUT2D eigenvalue weighted by Crippen LogP contribution is 2.29. The van der Waals surface area contributed by atoms with Crippen LogP contribution in [0.2, 0.25) is 5.02 Å². The van der Waals surface area contributed by atoms with E-state index in [-0.39, 0.29) is 6.54 Å². The van der Waals surface area contributed by atoms with Gasteiger partial charge >= 0.3 is 11.1 Å². The lowest BCUT2D eigenvalue weighted by Gasteiger charge is -2.13. The Balaban J connectivity index is 1.86. The van der Waals surface area contributed by atoms with E-state index in [1.807, 2.05) is 0 Å². The first-order valence-electron chi connectivity index (χ1n) is 9.05. The van der Waals surface area contributed by atoms with Gasteiger partial charge in [0.25, 0.3) is 0 Å². The van der Waals surface area contributed by atoms with Crippen LogP contribution in [0.15, 0.2) is 58.4 Å². The van der Waals surface area contributed by atoms with Crippen LogP contribution in [-0.4, -0.2) is 36.4 Å². The standard InChI is InChI=1S/C21H20ClN3O6/c1-29-16-6-4-13(22)10-15(16)23-19(26)12-24-8-9-25(21(28)20(24)27)14-5-7-17(30-2)18(11-14)31-3/h4-11H,12H2,1-3H3,(H,23,26). The van der Waals surface area contributed by atoms with Gasteiger partial charge < -0.3 is 19.5 Å². The number of rotatable bonds is 7. The van der Waals surface area contributed by atoms with Crippen LogP contribution in [0.1, 0.15) is 0 Å². The molecule has 0 aliphatic heterocycles. The number of nitrogens with one attached hydrogen (secondary N) is 1. The lowest BCUT2D eigenvalue weighted by Crippen LogP contribution is -2.41. The average Bonchev–Trinajstić information content (AvgIpc) is 2.76. The molecule has 0 fully saturated rings. The van der Waals surface area contributed by atoms with Crippen LogP contribution in [0.25, 0.3) is 5.69 Å². The van der Waals surface area contributed by atoms with Crippen molar-refractivity contribution in [3.63, 3.8) is 0 Å². The highest BCUT2D eigenvalue weighted by molar-refractivity contribution is 6.31. The number of hydrogen-bond donors (Lipinski definition) is 1. The maximum atomic E-state index is 12.6. The summed E-state index contributed by atoms with van der Waals surface area (Å²) >= 11 is 5.96. The first-order valence-corrected chi connectivity index (χ1v) is 9.43. The highest BCUT2D eigenvalue weighted by atomic mass is 35.5. The first kappa shape index (κ1) is 22.0. The summed E-state index contributed by atoms with van der Waals surface area (Å²) in [7, 11) is 4.42. The number of carbonyl (C=O) groups excluding carboxylic acids is 1. The van der Waals surface area contributed by atoms with E-state index in [0.29, 0.717) is 33.6 Å². The van der Waals surface area contributed by atoms with Crippen LogP contribution in [0.5, 0.6) is 17.2 Å². The van der Waals surface area contributed by atoms with Gasteiger partial charge in [-0.15, -0.1) is 0 Å². The molecule has 3 aromatic rings. The lowest BCUT2D eigenvalue weighted by molar-refractivity contribution is -0.116. The molecule has 0 spiro atoms. The molecular formula is C21H20ClN3O6. The molecule has 9 nitrogen and oxygen atoms in total. The SMILES string of the molecule is COc1ccc(Cl)cc1NC(=O)Cn1ccn(-c2ccc(OC)c(OC)c2)c(=O)c1=O. The molecule has 0 saturated carbocycles. The number of carbonyl (C=O) groups is 1. The zero-order valence-corrected chi connectivity index (χ0v) is 17.8. The van der Waals surface area contributed by atoms with Crippen molar-refractivity contribution >= 4 is 23.2 Å². The van der Waals surface area contributed by atoms with Gasteiger partial charge in [0.05, 0.1) is 32.7 Å². The lowest BCUT2D eigenvalue weighted by atomic mass is 10.2. The number of methoxy groups -OCH3 is 3. The Morgan fingerprint density at radius 2 is 1.58 bits per heavy atom. The molecule has 1 amide bonds. The van der Waals surface area contributed by atoms with Gasteiger partial charge in [0.15, 0.2) is 11.5 Å². The Labute approximate surface area is 182 Å². The Morgan fingerprint density at radius 1 is 0.903 bits per heavy atom. The summed E-state index contributed by atoms with van der Waals surface area (Å²) in [6.07, 6.45) is 2.76. The summed E-state index contributed by atoms with van der Waals surface area (Å²) in [6, 6.07) is 9.56. The van der Waals surface area contributed by atoms with Gasteiger partial charge in [-0.3, -0.25) is 23.5 Å². The second kappa shape index (κ2) is 9.40. The number of halogens is 1. The second-order valence-corrected chi connectivity index (χ2v) is 6.77. The number of aromatic nitrogens is 2. The van der Waals surface area contributed by atoms with Crippen LogP contribution in [0.4, 0.5) is 5.69 Å². The largest absolute Gasteiger partial charge is 0.495 e. The van der Waals surface area contributed by atoms with Crippen molar-refractivity contribution in [1.82, 2.24) is 9.13 Å². The topological polar surface area (TPSA) is 101 Å². The molecule has 3 rings (SSSR count). The van der Waals surface area contributed by atoms with Crippen LogP contribution in [0, 0.1) is 0 Å². The van der Waals surface area contributed by atoms with Crippen molar-refractivity contribution in [1.29, 1.82) is 0 Å². The fourth-order valence-electron chi connectivity index (χ4n) is 2.93. The van der Waals surface area contributed by atoms with Gasteiger partial charge in [-0.05, 0) is 30.3 Å². The van der Waals surface area contributed by atoms with E-state index in [1.54, 1.807) is 30.3 Å². The fraction of sp³-hybridized carbons (Fsp3) is 0.190. The van der Waals surface area contributed by atoms with Crippen molar-refractivity contribution in [2.45, 2.75) is 6.54 Å². The number of benzene rings is 2. The quantitative estimate of drug-likeness (QED) is 0.560. The van der Waals surface area contributed by atoms with E-state index in [9.17, 15) is 14.4 Å². The normalized spacial score (nSPS) is 10.5. The number of ether oxygens (including phenoxy) is 3. The predicted molar refractivity (Wildman–Crippen MR) is 116 cm³/mol. The molecule has 1 heterocycles. The zero-order chi connectivity index (χ0) is 22.5. The fourth-order valence-corrected chi connectivity index (χ4v) is 3.11. The summed E-state index contributed by atoms with van der Waals surface area (Å²) in [4.78, 5) is 37.6. The van der Waals surface area contributed by atoms with Crippen LogP contribution in [-0.2, 0) is 11.3 Å². The van der Waals surface area contributed by atoms with Crippen LogP contribution >= 0.6 is 11.6 Å². The Morgan fingerprint density at radius 3 is 2.26 bits per heavy atom. The third-order valence-electron chi connectivity index (χ3n) is 4.45. The summed E-state index contributed by atoms with van der Waals surface area (Å²) in [5.41, 5.74) is -0.903. The molecule has 1 N–H and O–H groups in total. The summed E-state index contributed by atoms with van der Waals surface area (Å²) in [5, 5.41) is 3.03. The predicted octanol–water partition coefficient (Wildman–Crippen LogP) is 2.32. The molecule has 10 heteroatoms. The van der Waals surface area contributed by atoms with Gasteiger partial charge in [-0.1, -0.05) is 11.6 Å². The molecule has 0 atom stereocenters. The van der Waals surface area contributed by atoms with Gasteiger partial charge in [-0.2, -0.15) is 0 Å². The summed E-state index contributed by atoms with van der Waals surface area (Å²) < 4.78 is 17.8. The molecule has 0 saturated heterocycles. The van der Waals surface area contributed by atoms with E-state index in [1.165, 1.54) is 44.4 Å². The van der Waals surface area contributed by atoms with E-state index in [2.05, 4.69) is 5.32 Å². The molecule has 0 aliphatic carbocycles. The smallest absolute Gasteiger partial charge is 0.320 e. The Bertz CT molecular complexity index is 1230. The minimum absolute atomic E-state index is 0.353. The minimum Gasteiger partial charge on any atom is -0.495 e. The summed E-state index contributed by atoms with van der Waals surface area (Å²) in [6.45, 7) is -0.365. The Kier molecular flexibility index (Phi) is 6.66. The van der Waals surface area contributed by atoms with E-state index < -0.39 is 17.0 Å². The third kappa shape index (κ3) is 4.72. The molecule has 0 aliphatic rings. The van der Waals surface area contributed by atoms with Gasteiger partial charge in [-0.25, -0.2) is 0 Å². The van der Waals surface area contributed by atoms with E-state index >= 15 is 0 Å². The molecule has 31 heavy (non-hydrogen) atoms. The van der Waals surface area contributed by atoms with Crippen molar-refractivity contribution in [2.24, 2.45) is 0 Å². The number of anilines is 1. The highest BCUT2D eigenvalue weighted by Gasteiger charge is 2.13. The maximum absolute atomic E-state index is 12.6. The summed E-state index contributed by atoms with van der Waals surface area (Å²) in [5.74, 6) is 0.784. The van der Waals surface area contributed by atoms with Crippen molar-refractivity contribution in [2.75, 3.05) is 26.6 Å². The number of amides is 1. The molecule has 0 radical (unpaired) electrons. The molecule has 2 aromatic carbocycles. The van der Waals surface area contributed by atoms with Gasteiger partial charge in [0.1, 0.15) is 12.3 Å². The molecular weight excluding hydrogens is 426 g/mol. The number of nitrogens with zero attached hydrogens (tertiary/aromatic N) is 2. The Hall–Kier alpha value is -3.72. The van der Waals surface area contributed by atoms with E-state index in [4.69, 9.17) is 25.8 Å². The second-order valence-electron chi connectivity index (χ2n) is 6.34. The van der Waals surface area contributed by atoms with Crippen LogP contribution < -0.4 is 30.6 Å². The van der Waals surface area contributed by atoms with Crippen molar-refractivity contribution in [3.05, 3.63) is 74.5 Å². The molecule has 0 bridgehead atoms. The maximum Gasteiger partial charge on any atom is 0.320 e. The molecule has 162 valence electrons. The molecule has 1 aromatic heterocycles. The number of hydrogen-bond acceptors (Lipinski definition) is 6. The third-order valence-corrected chi connectivity index (χ3v) is 4.69. The van der Waals surface area contributed by atoms with Gasteiger partial charge in [0, 0.05) is 23.5 Å². The van der Waals surface area contributed by atoms with E-state index in [0.717, 1.165) is 4.57 Å². The monoisotopic (exact) mass is 445 g/mol. The van der Waals surface area contributed by atoms with Crippen LogP contribution in [0.3, 0.4) is 0 Å². The van der Waals surface area contributed by atoms with Crippen molar-refractivity contribution < 1.29 is 19.0 Å². The van der Waals surface area contributed by atoms with Gasteiger partial charge in [0.2, 0.25) is 5.91 Å². The van der Waals surface area contributed by atoms with Crippen molar-refractivity contribution in [3.8, 4) is 22.9 Å². The zero-order valence-electron chi connectivity index (χ0n) is 17.0. The minimum atomic E-state index is -0.856. The molecule has 0 unspecified atom stereocenters.